The van der Waals surface area contributed by atoms with E-state index in [1.54, 1.807) is 30.3 Å². The van der Waals surface area contributed by atoms with Crippen LogP contribution in [0.2, 0.25) is 5.02 Å². The first kappa shape index (κ1) is 15.8. The van der Waals surface area contributed by atoms with Crippen LogP contribution in [0.4, 0.5) is 0 Å². The molecule has 110 valence electrons. The quantitative estimate of drug-likeness (QED) is 0.682. The molecule has 0 aromatic heterocycles. The summed E-state index contributed by atoms with van der Waals surface area (Å²) in [6.45, 7) is 1.88. The molecule has 2 rings (SSSR count). The lowest BCUT2D eigenvalue weighted by molar-refractivity contribution is -0.117. The lowest BCUT2D eigenvalue weighted by Crippen LogP contribution is -2.27. The summed E-state index contributed by atoms with van der Waals surface area (Å²) in [6, 6.07) is 18.3. The van der Waals surface area contributed by atoms with E-state index in [0.29, 0.717) is 5.02 Å². The Morgan fingerprint density at radius 1 is 1.18 bits per heavy atom. The standard InChI is InChI=1S/C18H15ClN2O/c1-13(15-5-3-2-4-6-15)21-18(22)16(12-20)11-14-7-9-17(19)10-8-14/h2-11,13H,1H3,(H,21,22)/b16-11+. The van der Waals surface area contributed by atoms with Crippen LogP contribution < -0.4 is 5.32 Å². The summed E-state index contributed by atoms with van der Waals surface area (Å²) >= 11 is 5.82. The highest BCUT2D eigenvalue weighted by Gasteiger charge is 2.13. The van der Waals surface area contributed by atoms with Crippen molar-refractivity contribution in [3.05, 3.63) is 76.3 Å². The maximum absolute atomic E-state index is 12.2. The zero-order valence-electron chi connectivity index (χ0n) is 12.1. The first-order chi connectivity index (χ1) is 10.6. The maximum Gasteiger partial charge on any atom is 0.262 e. The van der Waals surface area contributed by atoms with Crippen LogP contribution >= 0.6 is 11.6 Å². The molecule has 3 nitrogen and oxygen atoms in total. The van der Waals surface area contributed by atoms with Gasteiger partial charge in [0.2, 0.25) is 0 Å². The summed E-state index contributed by atoms with van der Waals surface area (Å²) in [5.74, 6) is -0.395. The molecule has 0 radical (unpaired) electrons. The van der Waals surface area contributed by atoms with E-state index < -0.39 is 5.91 Å². The highest BCUT2D eigenvalue weighted by atomic mass is 35.5. The largest absolute Gasteiger partial charge is 0.345 e. The third-order valence-corrected chi connectivity index (χ3v) is 3.45. The monoisotopic (exact) mass is 310 g/mol. The summed E-state index contributed by atoms with van der Waals surface area (Å²) in [5.41, 5.74) is 1.80. The molecule has 1 atom stereocenters. The van der Waals surface area contributed by atoms with Crippen molar-refractivity contribution in [2.75, 3.05) is 0 Å². The van der Waals surface area contributed by atoms with Crippen LogP contribution in [0.5, 0.6) is 0 Å². The average Bonchev–Trinajstić information content (AvgIpc) is 2.55. The van der Waals surface area contributed by atoms with E-state index in [2.05, 4.69) is 5.32 Å². The number of carbonyl (C=O) groups is 1. The average molecular weight is 311 g/mol. The second-order valence-corrected chi connectivity index (χ2v) is 5.26. The normalized spacial score (nSPS) is 12.3. The molecule has 2 aromatic rings. The van der Waals surface area contributed by atoms with E-state index in [1.807, 2.05) is 43.3 Å². The highest BCUT2D eigenvalue weighted by Crippen LogP contribution is 2.15. The number of rotatable bonds is 4. The molecule has 0 fully saturated rings. The Labute approximate surface area is 134 Å². The van der Waals surface area contributed by atoms with E-state index in [-0.39, 0.29) is 11.6 Å². The summed E-state index contributed by atoms with van der Waals surface area (Å²) in [7, 11) is 0. The Kier molecular flexibility index (Phi) is 5.35. The molecule has 0 aliphatic rings. The van der Waals surface area contributed by atoms with Crippen molar-refractivity contribution >= 4 is 23.6 Å². The van der Waals surface area contributed by atoms with Crippen molar-refractivity contribution < 1.29 is 4.79 Å². The maximum atomic E-state index is 12.2. The Bertz CT molecular complexity index is 715. The number of nitrogens with zero attached hydrogens (tertiary/aromatic N) is 1. The molecule has 0 aliphatic heterocycles. The summed E-state index contributed by atoms with van der Waals surface area (Å²) in [5, 5.41) is 12.6. The SMILES string of the molecule is CC(NC(=O)/C(C#N)=C/c1ccc(Cl)cc1)c1ccccc1. The molecule has 1 N–H and O–H groups in total. The lowest BCUT2D eigenvalue weighted by atomic mass is 10.1. The van der Waals surface area contributed by atoms with Gasteiger partial charge in [0.1, 0.15) is 11.6 Å². The van der Waals surface area contributed by atoms with E-state index in [9.17, 15) is 10.1 Å². The zero-order valence-corrected chi connectivity index (χ0v) is 12.8. The molecule has 1 unspecified atom stereocenters. The summed E-state index contributed by atoms with van der Waals surface area (Å²) < 4.78 is 0. The van der Waals surface area contributed by atoms with Crippen LogP contribution in [0.3, 0.4) is 0 Å². The van der Waals surface area contributed by atoms with E-state index >= 15 is 0 Å². The minimum Gasteiger partial charge on any atom is -0.345 e. The third kappa shape index (κ3) is 4.21. The van der Waals surface area contributed by atoms with Gasteiger partial charge in [-0.2, -0.15) is 5.26 Å². The summed E-state index contributed by atoms with van der Waals surface area (Å²) in [4.78, 5) is 12.2. The van der Waals surface area contributed by atoms with Gasteiger partial charge in [0, 0.05) is 5.02 Å². The molecule has 22 heavy (non-hydrogen) atoms. The molecular formula is C18H15ClN2O. The van der Waals surface area contributed by atoms with Crippen LogP contribution in [-0.4, -0.2) is 5.91 Å². The fourth-order valence-corrected chi connectivity index (χ4v) is 2.10. The number of nitriles is 1. The molecule has 0 spiro atoms. The van der Waals surface area contributed by atoms with Crippen LogP contribution in [0, 0.1) is 11.3 Å². The van der Waals surface area contributed by atoms with Gasteiger partial charge < -0.3 is 5.32 Å². The van der Waals surface area contributed by atoms with Gasteiger partial charge in [-0.25, -0.2) is 0 Å². The molecule has 2 aromatic carbocycles. The van der Waals surface area contributed by atoms with Crippen molar-refractivity contribution in [3.63, 3.8) is 0 Å². The molecule has 4 heteroatoms. The fraction of sp³-hybridized carbons (Fsp3) is 0.111. The van der Waals surface area contributed by atoms with Crippen LogP contribution in [0.25, 0.3) is 6.08 Å². The predicted molar refractivity (Wildman–Crippen MR) is 88.0 cm³/mol. The van der Waals surface area contributed by atoms with Gasteiger partial charge in [0.25, 0.3) is 5.91 Å². The summed E-state index contributed by atoms with van der Waals surface area (Å²) in [6.07, 6.45) is 1.55. The van der Waals surface area contributed by atoms with Crippen LogP contribution in [-0.2, 0) is 4.79 Å². The number of hydrogen-bond donors (Lipinski definition) is 1. The van der Waals surface area contributed by atoms with Crippen molar-refractivity contribution in [2.45, 2.75) is 13.0 Å². The Hall–Kier alpha value is -2.57. The van der Waals surface area contributed by atoms with E-state index in [1.165, 1.54) is 0 Å². The van der Waals surface area contributed by atoms with Crippen LogP contribution in [0.1, 0.15) is 24.1 Å². The van der Waals surface area contributed by atoms with Gasteiger partial charge in [-0.1, -0.05) is 54.1 Å². The first-order valence-corrected chi connectivity index (χ1v) is 7.21. The number of halogens is 1. The second-order valence-electron chi connectivity index (χ2n) is 4.83. The molecule has 0 bridgehead atoms. The Morgan fingerprint density at radius 2 is 1.82 bits per heavy atom. The number of carbonyl (C=O) groups excluding carboxylic acids is 1. The molecule has 0 aliphatic carbocycles. The second kappa shape index (κ2) is 7.44. The molecule has 0 saturated heterocycles. The van der Waals surface area contributed by atoms with Gasteiger partial charge in [0.15, 0.2) is 0 Å². The molecule has 0 saturated carbocycles. The molecule has 1 amide bonds. The number of nitrogens with one attached hydrogen (secondary N) is 1. The van der Waals surface area contributed by atoms with E-state index in [0.717, 1.165) is 11.1 Å². The first-order valence-electron chi connectivity index (χ1n) is 6.83. The van der Waals surface area contributed by atoms with Crippen molar-refractivity contribution in [1.29, 1.82) is 5.26 Å². The Balaban J connectivity index is 2.12. The zero-order chi connectivity index (χ0) is 15.9. The Morgan fingerprint density at radius 3 is 2.41 bits per heavy atom. The predicted octanol–water partition coefficient (Wildman–Crippen LogP) is 4.12. The van der Waals surface area contributed by atoms with Crippen molar-refractivity contribution in [1.82, 2.24) is 5.32 Å². The topological polar surface area (TPSA) is 52.9 Å². The lowest BCUT2D eigenvalue weighted by Gasteiger charge is -2.13. The molecule has 0 heterocycles. The molecular weight excluding hydrogens is 296 g/mol. The smallest absolute Gasteiger partial charge is 0.262 e. The van der Waals surface area contributed by atoms with Gasteiger partial charge in [-0.05, 0) is 36.3 Å². The van der Waals surface area contributed by atoms with Crippen molar-refractivity contribution in [2.24, 2.45) is 0 Å². The minimum atomic E-state index is -0.395. The number of benzene rings is 2. The number of amides is 1. The van der Waals surface area contributed by atoms with Crippen LogP contribution in [0.15, 0.2) is 60.2 Å². The highest BCUT2D eigenvalue weighted by molar-refractivity contribution is 6.30. The number of hydrogen-bond acceptors (Lipinski definition) is 2. The van der Waals surface area contributed by atoms with Gasteiger partial charge in [0.05, 0.1) is 6.04 Å². The van der Waals surface area contributed by atoms with Crippen molar-refractivity contribution in [3.8, 4) is 6.07 Å². The van der Waals surface area contributed by atoms with Gasteiger partial charge in [-0.3, -0.25) is 4.79 Å². The van der Waals surface area contributed by atoms with E-state index in [4.69, 9.17) is 11.6 Å². The fourth-order valence-electron chi connectivity index (χ4n) is 1.97. The minimum absolute atomic E-state index is 0.0603. The van der Waals surface area contributed by atoms with Gasteiger partial charge >= 0.3 is 0 Å². The third-order valence-electron chi connectivity index (χ3n) is 3.19. The van der Waals surface area contributed by atoms with Gasteiger partial charge in [-0.15, -0.1) is 0 Å².